The Morgan fingerprint density at radius 1 is 1.17 bits per heavy atom. The van der Waals surface area contributed by atoms with Gasteiger partial charge in [-0.1, -0.05) is 23.2 Å². The number of thiocarbonyl (C=S) groups is 1. The molecule has 1 aliphatic rings. The van der Waals surface area contributed by atoms with Gasteiger partial charge in [-0.05, 0) is 44.3 Å². The Labute approximate surface area is 152 Å². The van der Waals surface area contributed by atoms with E-state index in [1.165, 1.54) is 22.5 Å². The first-order valence-electron chi connectivity index (χ1n) is 7.22. The van der Waals surface area contributed by atoms with Gasteiger partial charge in [0.1, 0.15) is 0 Å². The maximum atomic E-state index is 12.7. The van der Waals surface area contributed by atoms with E-state index in [1.807, 2.05) is 18.7 Å². The van der Waals surface area contributed by atoms with Crippen LogP contribution in [-0.4, -0.2) is 55.0 Å². The second-order valence-electron chi connectivity index (χ2n) is 5.57. The molecular weight excluding hydrogens is 377 g/mol. The van der Waals surface area contributed by atoms with Crippen LogP contribution in [0, 0.1) is 0 Å². The summed E-state index contributed by atoms with van der Waals surface area (Å²) < 4.78 is 26.8. The molecular formula is C14H19Cl2N3O2S2. The van der Waals surface area contributed by atoms with Gasteiger partial charge in [0.2, 0.25) is 10.0 Å². The quantitative estimate of drug-likeness (QED) is 0.796. The van der Waals surface area contributed by atoms with Crippen LogP contribution < -0.4 is 5.32 Å². The lowest BCUT2D eigenvalue weighted by molar-refractivity contribution is 0.263. The van der Waals surface area contributed by atoms with Gasteiger partial charge < -0.3 is 10.2 Å². The highest BCUT2D eigenvalue weighted by Crippen LogP contribution is 2.27. The molecule has 0 aromatic heterocycles. The number of halogens is 2. The summed E-state index contributed by atoms with van der Waals surface area (Å²) in [6.45, 7) is 5.89. The Hall–Kier alpha value is -0.600. The Kier molecular flexibility index (Phi) is 6.13. The number of benzene rings is 1. The third-order valence-corrected chi connectivity index (χ3v) is 6.48. The van der Waals surface area contributed by atoms with E-state index in [0.29, 0.717) is 36.3 Å². The first kappa shape index (κ1) is 18.7. The molecule has 0 saturated carbocycles. The highest BCUT2D eigenvalue weighted by Gasteiger charge is 2.29. The number of piperazine rings is 1. The summed E-state index contributed by atoms with van der Waals surface area (Å²) in [5, 5.41) is 4.39. The van der Waals surface area contributed by atoms with Gasteiger partial charge in [0.15, 0.2) is 5.11 Å². The zero-order valence-corrected chi connectivity index (χ0v) is 16.1. The fraction of sp³-hybridized carbons (Fsp3) is 0.500. The van der Waals surface area contributed by atoms with Crippen molar-refractivity contribution in [2.45, 2.75) is 24.8 Å². The summed E-state index contributed by atoms with van der Waals surface area (Å²) in [6, 6.07) is 4.60. The first-order valence-corrected chi connectivity index (χ1v) is 9.83. The molecule has 1 aliphatic heterocycles. The second-order valence-corrected chi connectivity index (χ2v) is 8.71. The predicted molar refractivity (Wildman–Crippen MR) is 97.7 cm³/mol. The van der Waals surface area contributed by atoms with Crippen LogP contribution in [0.15, 0.2) is 23.1 Å². The standard InChI is InChI=1S/C14H19Cl2N3O2S2/c1-10(2)17-14(22)18-5-7-19(8-6-18)23(20,21)11-3-4-12(15)13(16)9-11/h3-4,9-10H,5-8H2,1-2H3,(H,17,22). The minimum absolute atomic E-state index is 0.156. The van der Waals surface area contributed by atoms with E-state index < -0.39 is 10.0 Å². The van der Waals surface area contributed by atoms with E-state index in [1.54, 1.807) is 0 Å². The monoisotopic (exact) mass is 395 g/mol. The third kappa shape index (κ3) is 4.48. The average Bonchev–Trinajstić information content (AvgIpc) is 2.49. The molecule has 23 heavy (non-hydrogen) atoms. The number of sulfonamides is 1. The predicted octanol–water partition coefficient (Wildman–Crippen LogP) is 2.58. The summed E-state index contributed by atoms with van der Waals surface area (Å²) >= 11 is 17.1. The summed E-state index contributed by atoms with van der Waals surface area (Å²) in [5.41, 5.74) is 0. The van der Waals surface area contributed by atoms with E-state index in [9.17, 15) is 8.42 Å². The van der Waals surface area contributed by atoms with Crippen LogP contribution in [0.3, 0.4) is 0 Å². The summed E-state index contributed by atoms with van der Waals surface area (Å²) in [6.07, 6.45) is 0. The molecule has 0 unspecified atom stereocenters. The van der Waals surface area contributed by atoms with Crippen LogP contribution in [0.25, 0.3) is 0 Å². The Morgan fingerprint density at radius 3 is 2.30 bits per heavy atom. The normalized spacial score (nSPS) is 16.7. The molecule has 1 N–H and O–H groups in total. The number of hydrogen-bond acceptors (Lipinski definition) is 3. The Bertz CT molecular complexity index is 687. The molecule has 0 aliphatic carbocycles. The minimum Gasteiger partial charge on any atom is -0.360 e. The van der Waals surface area contributed by atoms with Crippen molar-refractivity contribution in [3.05, 3.63) is 28.2 Å². The number of hydrogen-bond donors (Lipinski definition) is 1. The van der Waals surface area contributed by atoms with Crippen molar-refractivity contribution in [3.63, 3.8) is 0 Å². The molecule has 0 spiro atoms. The summed E-state index contributed by atoms with van der Waals surface area (Å²) in [7, 11) is -3.57. The largest absolute Gasteiger partial charge is 0.360 e. The van der Waals surface area contributed by atoms with Crippen LogP contribution in [-0.2, 0) is 10.0 Å². The van der Waals surface area contributed by atoms with E-state index >= 15 is 0 Å². The molecule has 128 valence electrons. The van der Waals surface area contributed by atoms with Crippen molar-refractivity contribution in [2.75, 3.05) is 26.2 Å². The zero-order chi connectivity index (χ0) is 17.2. The van der Waals surface area contributed by atoms with Gasteiger partial charge in [-0.15, -0.1) is 0 Å². The van der Waals surface area contributed by atoms with Crippen molar-refractivity contribution in [1.82, 2.24) is 14.5 Å². The van der Waals surface area contributed by atoms with Crippen LogP contribution in [0.1, 0.15) is 13.8 Å². The topological polar surface area (TPSA) is 52.6 Å². The molecule has 0 atom stereocenters. The van der Waals surface area contributed by atoms with Crippen molar-refractivity contribution in [2.24, 2.45) is 0 Å². The lowest BCUT2D eigenvalue weighted by atomic mass is 10.3. The molecule has 0 radical (unpaired) electrons. The molecule has 5 nitrogen and oxygen atoms in total. The van der Waals surface area contributed by atoms with Gasteiger partial charge in [0.05, 0.1) is 14.9 Å². The van der Waals surface area contributed by atoms with E-state index in [0.717, 1.165) is 0 Å². The van der Waals surface area contributed by atoms with Gasteiger partial charge in [-0.3, -0.25) is 0 Å². The average molecular weight is 396 g/mol. The van der Waals surface area contributed by atoms with E-state index in [-0.39, 0.29) is 16.0 Å². The molecule has 0 amide bonds. The number of nitrogens with zero attached hydrogens (tertiary/aromatic N) is 2. The van der Waals surface area contributed by atoms with Crippen molar-refractivity contribution in [1.29, 1.82) is 0 Å². The fourth-order valence-corrected chi connectivity index (χ4v) is 4.49. The van der Waals surface area contributed by atoms with E-state index in [2.05, 4.69) is 5.32 Å². The molecule has 2 rings (SSSR count). The molecule has 1 aromatic carbocycles. The number of rotatable bonds is 3. The van der Waals surface area contributed by atoms with Gasteiger partial charge >= 0.3 is 0 Å². The maximum Gasteiger partial charge on any atom is 0.243 e. The molecule has 0 bridgehead atoms. The van der Waals surface area contributed by atoms with E-state index in [4.69, 9.17) is 35.4 Å². The zero-order valence-electron chi connectivity index (χ0n) is 12.9. The smallest absolute Gasteiger partial charge is 0.243 e. The maximum absolute atomic E-state index is 12.7. The van der Waals surface area contributed by atoms with Crippen LogP contribution in [0.5, 0.6) is 0 Å². The lowest BCUT2D eigenvalue weighted by Crippen LogP contribution is -2.53. The lowest BCUT2D eigenvalue weighted by Gasteiger charge is -2.36. The Balaban J connectivity index is 2.06. The van der Waals surface area contributed by atoms with Gasteiger partial charge in [0, 0.05) is 32.2 Å². The first-order chi connectivity index (χ1) is 10.7. The fourth-order valence-electron chi connectivity index (χ4n) is 2.26. The van der Waals surface area contributed by atoms with Crippen molar-refractivity contribution >= 4 is 50.6 Å². The van der Waals surface area contributed by atoms with Gasteiger partial charge in [-0.25, -0.2) is 8.42 Å². The molecule has 1 heterocycles. The Morgan fingerprint density at radius 2 is 1.78 bits per heavy atom. The number of nitrogens with one attached hydrogen (secondary N) is 1. The van der Waals surface area contributed by atoms with Gasteiger partial charge in [0.25, 0.3) is 0 Å². The van der Waals surface area contributed by atoms with Crippen molar-refractivity contribution < 1.29 is 8.42 Å². The molecule has 1 saturated heterocycles. The van der Waals surface area contributed by atoms with Crippen LogP contribution in [0.2, 0.25) is 10.0 Å². The summed E-state index contributed by atoms with van der Waals surface area (Å²) in [5.74, 6) is 0. The second kappa shape index (κ2) is 7.53. The van der Waals surface area contributed by atoms with Crippen LogP contribution in [0.4, 0.5) is 0 Å². The summed E-state index contributed by atoms with van der Waals surface area (Å²) in [4.78, 5) is 2.14. The minimum atomic E-state index is -3.57. The van der Waals surface area contributed by atoms with Gasteiger partial charge in [-0.2, -0.15) is 4.31 Å². The van der Waals surface area contributed by atoms with Crippen molar-refractivity contribution in [3.8, 4) is 0 Å². The van der Waals surface area contributed by atoms with Crippen LogP contribution >= 0.6 is 35.4 Å². The molecule has 1 fully saturated rings. The molecule has 9 heteroatoms. The highest BCUT2D eigenvalue weighted by molar-refractivity contribution is 7.89. The molecule has 1 aromatic rings. The highest BCUT2D eigenvalue weighted by atomic mass is 35.5. The third-order valence-electron chi connectivity index (χ3n) is 3.47. The SMILES string of the molecule is CC(C)NC(=S)N1CCN(S(=O)(=O)c2ccc(Cl)c(Cl)c2)CC1.